The first-order valence-corrected chi connectivity index (χ1v) is 15.0. The molecule has 3 heterocycles. The second-order valence-electron chi connectivity index (χ2n) is 11.6. The van der Waals surface area contributed by atoms with Crippen molar-refractivity contribution in [1.82, 2.24) is 15.0 Å². The van der Waals surface area contributed by atoms with E-state index in [9.17, 15) is 0 Å². The van der Waals surface area contributed by atoms with Gasteiger partial charge in [-0.3, -0.25) is 9.71 Å². The second-order valence-corrected chi connectivity index (χ2v) is 13.4. The lowest BCUT2D eigenvalue weighted by Crippen LogP contribution is -2.27. The van der Waals surface area contributed by atoms with E-state index in [2.05, 4.69) is 110 Å². The van der Waals surface area contributed by atoms with E-state index in [-0.39, 0.29) is 17.3 Å². The number of benzene rings is 2. The summed E-state index contributed by atoms with van der Waals surface area (Å²) in [6, 6.07) is 21.3. The molecule has 7 heteroatoms. The summed E-state index contributed by atoms with van der Waals surface area (Å²) in [7, 11) is 0. The Labute approximate surface area is 244 Å². The molecule has 0 saturated heterocycles. The van der Waals surface area contributed by atoms with Gasteiger partial charge in [-0.1, -0.05) is 51.1 Å². The van der Waals surface area contributed by atoms with Crippen molar-refractivity contribution in [3.8, 4) is 17.1 Å². The molecule has 4 aromatic rings. The van der Waals surface area contributed by atoms with Crippen LogP contribution in [0.5, 0.6) is 5.88 Å². The molecular weight excluding hydrogens is 568 g/mol. The Morgan fingerprint density at radius 2 is 1.77 bits per heavy atom. The van der Waals surface area contributed by atoms with Crippen LogP contribution in [0.2, 0.25) is 0 Å². The van der Waals surface area contributed by atoms with Crippen LogP contribution in [0.3, 0.4) is 0 Å². The minimum atomic E-state index is 0.130. The van der Waals surface area contributed by atoms with Gasteiger partial charge in [-0.15, -0.1) is 0 Å². The minimum absolute atomic E-state index is 0.130. The highest BCUT2D eigenvalue weighted by Crippen LogP contribution is 2.39. The number of anilines is 1. The number of nitrogens with one attached hydrogen (secondary N) is 1. The number of ether oxygens (including phenoxy) is 1. The first-order chi connectivity index (χ1) is 18.6. The Kier molecular flexibility index (Phi) is 8.29. The molecule has 2 aromatic heterocycles. The molecule has 4 bridgehead atoms. The largest absolute Gasteiger partial charge is 0.477 e. The van der Waals surface area contributed by atoms with Gasteiger partial charge < -0.3 is 4.74 Å². The van der Waals surface area contributed by atoms with Crippen LogP contribution < -0.4 is 9.46 Å². The Bertz CT molecular complexity index is 1430. The predicted octanol–water partition coefficient (Wildman–Crippen LogP) is 8.81. The van der Waals surface area contributed by atoms with Crippen molar-refractivity contribution in [3.63, 3.8) is 0 Å². The first-order valence-electron chi connectivity index (χ1n) is 13.4. The molecule has 0 fully saturated rings. The fourth-order valence-electron chi connectivity index (χ4n) is 5.41. The van der Waals surface area contributed by atoms with Gasteiger partial charge in [-0.05, 0) is 107 Å². The van der Waals surface area contributed by atoms with Crippen molar-refractivity contribution in [2.24, 2.45) is 11.3 Å². The van der Waals surface area contributed by atoms with E-state index >= 15 is 0 Å². The van der Waals surface area contributed by atoms with Gasteiger partial charge in [-0.25, -0.2) is 4.98 Å². The number of halogens is 1. The number of pyridine rings is 1. The third-order valence-electron chi connectivity index (χ3n) is 7.09. The Morgan fingerprint density at radius 3 is 2.49 bits per heavy atom. The molecule has 2 unspecified atom stereocenters. The fraction of sp³-hybridized carbons (Fsp3) is 0.344. The molecule has 0 radical (unpaired) electrons. The lowest BCUT2D eigenvalue weighted by atomic mass is 9.74. The average molecular weight is 604 g/mol. The number of hydrogen-bond acceptors (Lipinski definition) is 6. The number of aryl methyl sites for hydroxylation is 2. The van der Waals surface area contributed by atoms with Crippen LogP contribution in [0, 0.1) is 25.2 Å². The highest BCUT2D eigenvalue weighted by atomic mass is 79.9. The summed E-state index contributed by atoms with van der Waals surface area (Å²) in [6.45, 7) is 11.7. The molecule has 2 aromatic carbocycles. The summed E-state index contributed by atoms with van der Waals surface area (Å²) in [5, 5.41) is 0. The van der Waals surface area contributed by atoms with E-state index in [0.29, 0.717) is 18.4 Å². The summed E-state index contributed by atoms with van der Waals surface area (Å²) >= 11 is 5.06. The zero-order valence-corrected chi connectivity index (χ0v) is 25.6. The van der Waals surface area contributed by atoms with Crippen LogP contribution in [0.1, 0.15) is 55.5 Å². The molecule has 0 saturated carbocycles. The number of aromatic nitrogens is 3. The fourth-order valence-corrected chi connectivity index (χ4v) is 6.29. The molecule has 2 atom stereocenters. The zero-order valence-electron chi connectivity index (χ0n) is 23.2. The van der Waals surface area contributed by atoms with E-state index in [1.165, 1.54) is 28.6 Å². The molecule has 0 amide bonds. The second kappa shape index (κ2) is 11.7. The van der Waals surface area contributed by atoms with E-state index < -0.39 is 0 Å². The topological polar surface area (TPSA) is 59.9 Å². The number of rotatable bonds is 4. The van der Waals surface area contributed by atoms with Crippen LogP contribution in [0.4, 0.5) is 5.95 Å². The van der Waals surface area contributed by atoms with Crippen LogP contribution >= 0.6 is 27.9 Å². The van der Waals surface area contributed by atoms with Crippen molar-refractivity contribution in [1.29, 1.82) is 0 Å². The van der Waals surface area contributed by atoms with Crippen molar-refractivity contribution in [2.75, 3.05) is 11.3 Å². The van der Waals surface area contributed by atoms with Crippen LogP contribution in [0.15, 0.2) is 76.2 Å². The van der Waals surface area contributed by atoms with Crippen LogP contribution in [-0.2, 0) is 6.42 Å². The number of nitrogens with zero attached hydrogens (tertiary/aromatic N) is 3. The first kappa shape index (κ1) is 27.7. The monoisotopic (exact) mass is 602 g/mol. The maximum atomic E-state index is 6.55. The van der Waals surface area contributed by atoms with Crippen molar-refractivity contribution in [2.45, 2.75) is 58.3 Å². The molecule has 1 aliphatic heterocycles. The Balaban J connectivity index is 1.58. The van der Waals surface area contributed by atoms with Gasteiger partial charge in [-0.2, -0.15) is 4.98 Å². The van der Waals surface area contributed by atoms with Gasteiger partial charge in [0.15, 0.2) is 0 Å². The van der Waals surface area contributed by atoms with Gasteiger partial charge in [0.25, 0.3) is 0 Å². The highest BCUT2D eigenvalue weighted by molar-refractivity contribution is 9.10. The quantitative estimate of drug-likeness (QED) is 0.235. The normalized spacial score (nSPS) is 17.4. The smallest absolute Gasteiger partial charge is 0.237 e. The minimum Gasteiger partial charge on any atom is -0.477 e. The van der Waals surface area contributed by atoms with Gasteiger partial charge >= 0.3 is 0 Å². The van der Waals surface area contributed by atoms with E-state index in [1.807, 2.05) is 12.3 Å². The molecule has 0 spiro atoms. The summed E-state index contributed by atoms with van der Waals surface area (Å²) in [5.41, 5.74) is 6.85. The van der Waals surface area contributed by atoms with E-state index in [1.54, 1.807) is 0 Å². The standard InChI is InChI=1S/C32H35BrN4OS/c1-20-8-6-9-21(2)30(20)28-16-29-36-31(35-28)37-39-26-11-7-10-22(14-26)27(15-25-13-12-24(33)18-34-25)23(19-38-29)17-32(3,4)5/h6-14,16,18,23,27H,15,17,19H2,1-5H3,(H,35,36,37). The Morgan fingerprint density at radius 1 is 1.00 bits per heavy atom. The zero-order chi connectivity index (χ0) is 27.6. The average Bonchev–Trinajstić information content (AvgIpc) is 2.89. The molecule has 202 valence electrons. The lowest BCUT2D eigenvalue weighted by molar-refractivity contribution is 0.166. The number of fused-ring (bicyclic) bond motifs is 4. The lowest BCUT2D eigenvalue weighted by Gasteiger charge is -2.33. The third-order valence-corrected chi connectivity index (χ3v) is 8.34. The summed E-state index contributed by atoms with van der Waals surface area (Å²) in [4.78, 5) is 15.5. The van der Waals surface area contributed by atoms with Gasteiger partial charge in [0.2, 0.25) is 11.8 Å². The summed E-state index contributed by atoms with van der Waals surface area (Å²) < 4.78 is 10.9. The molecule has 0 aliphatic carbocycles. The molecule has 1 aliphatic rings. The van der Waals surface area contributed by atoms with Crippen molar-refractivity contribution >= 4 is 33.8 Å². The number of hydrogen-bond donors (Lipinski definition) is 1. The Hall–Kier alpha value is -2.90. The predicted molar refractivity (Wildman–Crippen MR) is 164 cm³/mol. The van der Waals surface area contributed by atoms with Gasteiger partial charge in [0.1, 0.15) is 0 Å². The van der Waals surface area contributed by atoms with Crippen LogP contribution in [0.25, 0.3) is 11.3 Å². The molecule has 1 N–H and O–H groups in total. The van der Waals surface area contributed by atoms with Crippen LogP contribution in [-0.4, -0.2) is 21.6 Å². The van der Waals surface area contributed by atoms with Crippen molar-refractivity contribution < 1.29 is 4.74 Å². The SMILES string of the molecule is Cc1cccc(C)c1-c1cc2nc(n1)NSc1cccc(c1)C(Cc1ccc(Br)cn1)C(CC(C)(C)C)CO2. The molecule has 39 heavy (non-hydrogen) atoms. The van der Waals surface area contributed by atoms with E-state index in [0.717, 1.165) is 39.2 Å². The van der Waals surface area contributed by atoms with Crippen molar-refractivity contribution in [3.05, 3.63) is 93.7 Å². The molecule has 5 rings (SSSR count). The summed E-state index contributed by atoms with van der Waals surface area (Å²) in [5.74, 6) is 1.63. The maximum Gasteiger partial charge on any atom is 0.237 e. The van der Waals surface area contributed by atoms with E-state index in [4.69, 9.17) is 19.7 Å². The van der Waals surface area contributed by atoms with Gasteiger partial charge in [0, 0.05) is 38.8 Å². The third kappa shape index (κ3) is 7.00. The van der Waals surface area contributed by atoms with Gasteiger partial charge in [0.05, 0.1) is 12.3 Å². The summed E-state index contributed by atoms with van der Waals surface area (Å²) in [6.07, 6.45) is 3.72. The molecular formula is C32H35BrN4OS. The highest BCUT2D eigenvalue weighted by Gasteiger charge is 2.30. The maximum absolute atomic E-state index is 6.55. The molecule has 5 nitrogen and oxygen atoms in total.